The van der Waals surface area contributed by atoms with Gasteiger partial charge in [0.05, 0.1) is 6.21 Å². The molecule has 0 fully saturated rings. The van der Waals surface area contributed by atoms with Crippen LogP contribution in [0.3, 0.4) is 0 Å². The Balaban J connectivity index is 2.03. The summed E-state index contributed by atoms with van der Waals surface area (Å²) in [5.41, 5.74) is 2.98. The topological polar surface area (TPSA) is 32.6 Å². The molecular formula is C18H21NOS. The van der Waals surface area contributed by atoms with E-state index in [0.29, 0.717) is 0 Å². The molecule has 0 spiro atoms. The van der Waals surface area contributed by atoms with E-state index in [1.165, 1.54) is 39.8 Å². The Morgan fingerprint density at radius 2 is 2.24 bits per heavy atom. The molecule has 1 aromatic carbocycles. The Hall–Kier alpha value is -1.61. The van der Waals surface area contributed by atoms with Gasteiger partial charge in [0.25, 0.3) is 0 Å². The molecule has 1 atom stereocenters. The molecule has 2 aromatic rings. The van der Waals surface area contributed by atoms with Crippen LogP contribution in [0.1, 0.15) is 43.9 Å². The van der Waals surface area contributed by atoms with Crippen LogP contribution in [0.25, 0.3) is 15.7 Å². The van der Waals surface area contributed by atoms with Gasteiger partial charge in [0, 0.05) is 15.5 Å². The van der Waals surface area contributed by atoms with Gasteiger partial charge in [-0.15, -0.1) is 16.5 Å². The Kier molecular flexibility index (Phi) is 4.39. The lowest BCUT2D eigenvalue weighted by Crippen LogP contribution is -1.99. The summed E-state index contributed by atoms with van der Waals surface area (Å²) >= 11 is 1.86. The smallest absolute Gasteiger partial charge is 0.0511 e. The van der Waals surface area contributed by atoms with E-state index in [-0.39, 0.29) is 5.92 Å². The zero-order chi connectivity index (χ0) is 14.7. The molecule has 1 aliphatic carbocycles. The SMILES string of the molecule is CCCCC1=C(c2cc3ccccc3s2)C(C=NO)CC1. The second-order valence-electron chi connectivity index (χ2n) is 5.68. The summed E-state index contributed by atoms with van der Waals surface area (Å²) in [5.74, 6) is 0.273. The molecular weight excluding hydrogens is 278 g/mol. The Morgan fingerprint density at radius 3 is 3.00 bits per heavy atom. The first-order valence-electron chi connectivity index (χ1n) is 7.72. The molecule has 0 bridgehead atoms. The van der Waals surface area contributed by atoms with Crippen molar-refractivity contribution in [1.29, 1.82) is 0 Å². The minimum atomic E-state index is 0.273. The molecule has 0 aliphatic heterocycles. The van der Waals surface area contributed by atoms with Crippen molar-refractivity contribution in [2.24, 2.45) is 11.1 Å². The maximum atomic E-state index is 8.94. The lowest BCUT2D eigenvalue weighted by molar-refractivity contribution is 0.319. The highest BCUT2D eigenvalue weighted by molar-refractivity contribution is 7.20. The summed E-state index contributed by atoms with van der Waals surface area (Å²) < 4.78 is 1.33. The van der Waals surface area contributed by atoms with Crippen LogP contribution < -0.4 is 0 Å². The fraction of sp³-hybridized carbons (Fsp3) is 0.389. The number of hydrogen-bond acceptors (Lipinski definition) is 3. The first kappa shape index (κ1) is 14.3. The van der Waals surface area contributed by atoms with Crippen LogP contribution in [-0.4, -0.2) is 11.4 Å². The molecule has 21 heavy (non-hydrogen) atoms. The molecule has 0 saturated heterocycles. The second-order valence-corrected chi connectivity index (χ2v) is 6.76. The van der Waals surface area contributed by atoms with Crippen molar-refractivity contribution in [3.63, 3.8) is 0 Å². The first-order valence-corrected chi connectivity index (χ1v) is 8.53. The molecule has 2 nitrogen and oxygen atoms in total. The Labute approximate surface area is 129 Å². The van der Waals surface area contributed by atoms with Gasteiger partial charge in [-0.2, -0.15) is 0 Å². The molecule has 1 aliphatic rings. The fourth-order valence-corrected chi connectivity index (χ4v) is 4.44. The first-order chi connectivity index (χ1) is 10.3. The minimum Gasteiger partial charge on any atom is -0.411 e. The molecule has 0 radical (unpaired) electrons. The molecule has 3 heteroatoms. The molecule has 1 aromatic heterocycles. The maximum Gasteiger partial charge on any atom is 0.0511 e. The summed E-state index contributed by atoms with van der Waals surface area (Å²) in [7, 11) is 0. The molecule has 1 N–H and O–H groups in total. The van der Waals surface area contributed by atoms with Crippen LogP contribution in [0.2, 0.25) is 0 Å². The van der Waals surface area contributed by atoms with Crippen LogP contribution in [0.4, 0.5) is 0 Å². The van der Waals surface area contributed by atoms with E-state index in [4.69, 9.17) is 5.21 Å². The van der Waals surface area contributed by atoms with Gasteiger partial charge in [0.1, 0.15) is 0 Å². The van der Waals surface area contributed by atoms with Crippen LogP contribution in [0.5, 0.6) is 0 Å². The van der Waals surface area contributed by atoms with Gasteiger partial charge < -0.3 is 5.21 Å². The van der Waals surface area contributed by atoms with Crippen molar-refractivity contribution >= 4 is 33.2 Å². The zero-order valence-corrected chi connectivity index (χ0v) is 13.2. The quantitative estimate of drug-likeness (QED) is 0.428. The zero-order valence-electron chi connectivity index (χ0n) is 12.4. The minimum absolute atomic E-state index is 0.273. The lowest BCUT2D eigenvalue weighted by atomic mass is 9.98. The third-order valence-corrected chi connectivity index (χ3v) is 5.43. The van der Waals surface area contributed by atoms with E-state index in [0.717, 1.165) is 12.8 Å². The monoisotopic (exact) mass is 299 g/mol. The van der Waals surface area contributed by atoms with E-state index in [1.807, 2.05) is 11.3 Å². The van der Waals surface area contributed by atoms with Crippen LogP contribution in [0, 0.1) is 5.92 Å². The number of unbranched alkanes of at least 4 members (excludes halogenated alkanes) is 1. The molecule has 1 unspecified atom stereocenters. The summed E-state index contributed by atoms with van der Waals surface area (Å²) in [6, 6.07) is 10.8. The van der Waals surface area contributed by atoms with Crippen molar-refractivity contribution in [2.75, 3.05) is 0 Å². The van der Waals surface area contributed by atoms with Crippen molar-refractivity contribution in [2.45, 2.75) is 39.0 Å². The average molecular weight is 299 g/mol. The third-order valence-electron chi connectivity index (χ3n) is 4.28. The summed E-state index contributed by atoms with van der Waals surface area (Å²) in [6.07, 6.45) is 7.57. The number of thiophene rings is 1. The number of benzene rings is 1. The number of allylic oxidation sites excluding steroid dienone is 2. The molecule has 3 rings (SSSR count). The lowest BCUT2D eigenvalue weighted by Gasteiger charge is -2.09. The normalized spacial score (nSPS) is 19.2. The van der Waals surface area contributed by atoms with Crippen LogP contribution in [-0.2, 0) is 0 Å². The Morgan fingerprint density at radius 1 is 1.38 bits per heavy atom. The van der Waals surface area contributed by atoms with E-state index >= 15 is 0 Å². The highest BCUT2D eigenvalue weighted by Gasteiger charge is 2.26. The molecule has 0 amide bonds. The van der Waals surface area contributed by atoms with Crippen LogP contribution >= 0.6 is 11.3 Å². The van der Waals surface area contributed by atoms with E-state index in [2.05, 4.69) is 42.4 Å². The van der Waals surface area contributed by atoms with Gasteiger partial charge in [-0.1, -0.05) is 37.1 Å². The van der Waals surface area contributed by atoms with Gasteiger partial charge in [-0.25, -0.2) is 0 Å². The van der Waals surface area contributed by atoms with Crippen LogP contribution in [0.15, 0.2) is 41.1 Å². The standard InChI is InChI=1S/C18H21NOS/c1-2-3-6-13-9-10-15(12-19-20)18(13)17-11-14-7-4-5-8-16(14)21-17/h4-5,7-8,11-12,15,20H,2-3,6,9-10H2,1H3. The number of oxime groups is 1. The predicted octanol–water partition coefficient (Wildman–Crippen LogP) is 5.72. The number of hydrogen-bond donors (Lipinski definition) is 1. The van der Waals surface area contributed by atoms with E-state index in [1.54, 1.807) is 11.8 Å². The fourth-order valence-electron chi connectivity index (χ4n) is 3.22. The third kappa shape index (κ3) is 2.88. The number of nitrogens with zero attached hydrogens (tertiary/aromatic N) is 1. The maximum absolute atomic E-state index is 8.94. The second kappa shape index (κ2) is 6.44. The van der Waals surface area contributed by atoms with Crippen molar-refractivity contribution in [3.8, 4) is 0 Å². The van der Waals surface area contributed by atoms with E-state index < -0.39 is 0 Å². The summed E-state index contributed by atoms with van der Waals surface area (Å²) in [6.45, 7) is 2.24. The highest BCUT2D eigenvalue weighted by atomic mass is 32.1. The number of fused-ring (bicyclic) bond motifs is 1. The van der Waals surface area contributed by atoms with Gasteiger partial charge in [-0.3, -0.25) is 0 Å². The van der Waals surface area contributed by atoms with Crippen molar-refractivity contribution in [1.82, 2.24) is 0 Å². The van der Waals surface area contributed by atoms with Gasteiger partial charge in [-0.05, 0) is 48.8 Å². The summed E-state index contributed by atoms with van der Waals surface area (Å²) in [4.78, 5) is 1.35. The van der Waals surface area contributed by atoms with Gasteiger partial charge in [0.2, 0.25) is 0 Å². The molecule has 1 heterocycles. The Bertz CT molecular complexity index is 650. The number of rotatable bonds is 5. The average Bonchev–Trinajstić information content (AvgIpc) is 3.08. The van der Waals surface area contributed by atoms with Gasteiger partial charge in [0.15, 0.2) is 0 Å². The largest absolute Gasteiger partial charge is 0.411 e. The molecule has 110 valence electrons. The van der Waals surface area contributed by atoms with E-state index in [9.17, 15) is 0 Å². The van der Waals surface area contributed by atoms with Crippen molar-refractivity contribution < 1.29 is 5.21 Å². The molecule has 0 saturated carbocycles. The van der Waals surface area contributed by atoms with Crippen molar-refractivity contribution in [3.05, 3.63) is 40.8 Å². The summed E-state index contributed by atoms with van der Waals surface area (Å²) in [5, 5.41) is 13.6. The highest BCUT2D eigenvalue weighted by Crippen LogP contribution is 2.44. The van der Waals surface area contributed by atoms with Gasteiger partial charge >= 0.3 is 0 Å². The predicted molar refractivity (Wildman–Crippen MR) is 91.3 cm³/mol.